The number of rotatable bonds is 4. The lowest BCUT2D eigenvalue weighted by Gasteiger charge is -2.26. The first-order chi connectivity index (χ1) is 16.8. The normalized spacial score (nSPS) is 13.9. The minimum atomic E-state index is 0. The van der Waals surface area contributed by atoms with E-state index in [4.69, 9.17) is 4.74 Å². The van der Waals surface area contributed by atoms with Crippen LogP contribution in [-0.4, -0.2) is 67.3 Å². The van der Waals surface area contributed by atoms with E-state index in [1.807, 2.05) is 53.6 Å². The number of carbonyl (C=O) groups excluding carboxylic acids is 1. The van der Waals surface area contributed by atoms with Gasteiger partial charge in [-0.2, -0.15) is 5.10 Å². The predicted octanol–water partition coefficient (Wildman–Crippen LogP) is 3.59. The Bertz CT molecular complexity index is 1460. The molecule has 2 aromatic carbocycles. The highest BCUT2D eigenvalue weighted by atomic mass is 16.5. The van der Waals surface area contributed by atoms with E-state index in [1.54, 1.807) is 17.1 Å². The molecule has 1 fully saturated rings. The van der Waals surface area contributed by atoms with Crippen LogP contribution in [0, 0.1) is 0 Å². The zero-order valence-corrected chi connectivity index (χ0v) is 18.3. The molecule has 4 heterocycles. The van der Waals surface area contributed by atoms with Crippen LogP contribution in [0.4, 0.5) is 0 Å². The van der Waals surface area contributed by atoms with Crippen molar-refractivity contribution >= 4 is 16.8 Å². The number of hydrogen-bond donors (Lipinski definition) is 1. The molecule has 170 valence electrons. The van der Waals surface area contributed by atoms with Crippen molar-refractivity contribution in [3.63, 3.8) is 0 Å². The number of pyridine rings is 1. The number of carbonyl (C=O) groups is 1. The van der Waals surface area contributed by atoms with Crippen LogP contribution in [0.25, 0.3) is 39.1 Å². The fourth-order valence-corrected chi connectivity index (χ4v) is 4.14. The third kappa shape index (κ3) is 3.71. The summed E-state index contributed by atoms with van der Waals surface area (Å²) >= 11 is 0. The Kier molecular flexibility index (Phi) is 5.08. The molecule has 1 aliphatic heterocycles. The third-order valence-electron chi connectivity index (χ3n) is 5.99. The lowest BCUT2D eigenvalue weighted by molar-refractivity contribution is 0.0303. The first kappa shape index (κ1) is 20.3. The molecule has 34 heavy (non-hydrogen) atoms. The van der Waals surface area contributed by atoms with Gasteiger partial charge in [0.1, 0.15) is 11.4 Å². The molecule has 1 aliphatic rings. The second-order valence-corrected chi connectivity index (χ2v) is 8.07. The average Bonchev–Trinajstić information content (AvgIpc) is 3.56. The van der Waals surface area contributed by atoms with E-state index in [0.717, 1.165) is 33.4 Å². The fraction of sp³-hybridized carbons (Fsp3) is 0.160. The summed E-state index contributed by atoms with van der Waals surface area (Å²) in [6.45, 7) is 2.40. The van der Waals surface area contributed by atoms with E-state index >= 15 is 0 Å². The van der Waals surface area contributed by atoms with Crippen LogP contribution in [0.1, 0.15) is 11.8 Å². The molecule has 0 aliphatic carbocycles. The fourth-order valence-electron chi connectivity index (χ4n) is 4.14. The molecule has 0 spiro atoms. The number of ether oxygens (including phenoxy) is 1. The van der Waals surface area contributed by atoms with E-state index < -0.39 is 0 Å². The molecule has 0 atom stereocenters. The van der Waals surface area contributed by atoms with Gasteiger partial charge in [0.15, 0.2) is 0 Å². The molecule has 0 unspecified atom stereocenters. The van der Waals surface area contributed by atoms with E-state index in [1.165, 1.54) is 0 Å². The molecule has 3 aromatic heterocycles. The minimum absolute atomic E-state index is 0. The molecular weight excluding hydrogens is 430 g/mol. The van der Waals surface area contributed by atoms with Crippen LogP contribution < -0.4 is 0 Å². The van der Waals surface area contributed by atoms with Crippen LogP contribution in [-0.2, 0) is 4.74 Å². The van der Waals surface area contributed by atoms with Crippen LogP contribution in [0.15, 0.2) is 73.2 Å². The van der Waals surface area contributed by atoms with Gasteiger partial charge in [0, 0.05) is 37.9 Å². The topological polar surface area (TPSA) is 102 Å². The summed E-state index contributed by atoms with van der Waals surface area (Å²) in [6.07, 6.45) is 5.40. The van der Waals surface area contributed by atoms with Crippen LogP contribution in [0.5, 0.6) is 0 Å². The Morgan fingerprint density at radius 3 is 2.56 bits per heavy atom. The minimum Gasteiger partial charge on any atom is -0.378 e. The van der Waals surface area contributed by atoms with E-state index in [2.05, 4.69) is 37.6 Å². The van der Waals surface area contributed by atoms with Gasteiger partial charge in [-0.15, -0.1) is 5.10 Å². The zero-order valence-electron chi connectivity index (χ0n) is 18.3. The molecule has 0 bridgehead atoms. The van der Waals surface area contributed by atoms with Crippen LogP contribution in [0.3, 0.4) is 0 Å². The third-order valence-corrected chi connectivity index (χ3v) is 5.99. The molecule has 5 aromatic rings. The van der Waals surface area contributed by atoms with Crippen molar-refractivity contribution in [3.8, 4) is 28.2 Å². The first-order valence-electron chi connectivity index (χ1n) is 11.0. The maximum atomic E-state index is 12.7. The number of nitrogens with one attached hydrogen (secondary N) is 1. The van der Waals surface area contributed by atoms with Gasteiger partial charge in [-0.3, -0.25) is 14.9 Å². The Morgan fingerprint density at radius 1 is 0.971 bits per heavy atom. The van der Waals surface area contributed by atoms with Gasteiger partial charge in [0.05, 0.1) is 30.6 Å². The highest BCUT2D eigenvalue weighted by Gasteiger charge is 2.19. The average molecular weight is 454 g/mol. The summed E-state index contributed by atoms with van der Waals surface area (Å²) in [5.41, 5.74) is 5.96. The summed E-state index contributed by atoms with van der Waals surface area (Å²) in [4.78, 5) is 18.6. The quantitative estimate of drug-likeness (QED) is 0.446. The van der Waals surface area contributed by atoms with Crippen LogP contribution in [0.2, 0.25) is 0 Å². The summed E-state index contributed by atoms with van der Waals surface area (Å²) in [7, 11) is 0. The van der Waals surface area contributed by atoms with Crippen molar-refractivity contribution in [2.45, 2.75) is 0 Å². The van der Waals surface area contributed by atoms with Crippen molar-refractivity contribution in [3.05, 3.63) is 78.8 Å². The van der Waals surface area contributed by atoms with Gasteiger partial charge in [0.25, 0.3) is 5.91 Å². The second-order valence-electron chi connectivity index (χ2n) is 8.07. The number of hydrogen-bond acceptors (Lipinski definition) is 6. The Hall–Kier alpha value is -4.37. The van der Waals surface area contributed by atoms with Crippen LogP contribution >= 0.6 is 0 Å². The van der Waals surface area contributed by atoms with E-state index in [0.29, 0.717) is 37.6 Å². The molecule has 1 amide bonds. The monoisotopic (exact) mass is 453 g/mol. The van der Waals surface area contributed by atoms with Crippen molar-refractivity contribution in [1.82, 2.24) is 35.1 Å². The van der Waals surface area contributed by atoms with E-state index in [9.17, 15) is 4.79 Å². The van der Waals surface area contributed by atoms with Crippen molar-refractivity contribution < 1.29 is 11.0 Å². The SMILES string of the molecule is O=C(c1ccc(-n2cc(-c3n[nH]c4cc(-c5ccncc5)ccc34)nn2)cc1)N1CCOCC1.[HH]. The van der Waals surface area contributed by atoms with Gasteiger partial charge >= 0.3 is 0 Å². The molecule has 6 rings (SSSR count). The highest BCUT2D eigenvalue weighted by molar-refractivity contribution is 5.95. The smallest absolute Gasteiger partial charge is 0.254 e. The number of H-pyrrole nitrogens is 1. The molecule has 0 radical (unpaired) electrons. The maximum absolute atomic E-state index is 12.7. The highest BCUT2D eigenvalue weighted by Crippen LogP contribution is 2.29. The standard InChI is InChI=1S/C25H21N7O2.H2/c33-25(31-11-13-34-14-12-31)18-1-4-20(5-2-18)32-16-23(28-30-32)24-21-6-3-19(15-22(21)27-29-24)17-7-9-26-10-8-17;/h1-10,15-16H,11-14H2,(H,27,29);1H. The summed E-state index contributed by atoms with van der Waals surface area (Å²) in [5, 5.41) is 17.2. The number of aromatic nitrogens is 6. The second kappa shape index (κ2) is 8.53. The largest absolute Gasteiger partial charge is 0.378 e. The van der Waals surface area contributed by atoms with Gasteiger partial charge in [-0.1, -0.05) is 11.3 Å². The van der Waals surface area contributed by atoms with Crippen molar-refractivity contribution in [2.24, 2.45) is 0 Å². The van der Waals surface area contributed by atoms with Gasteiger partial charge < -0.3 is 9.64 Å². The number of morpholine rings is 1. The number of benzene rings is 2. The first-order valence-corrected chi connectivity index (χ1v) is 11.0. The molecular formula is C25H23N7O2. The summed E-state index contributed by atoms with van der Waals surface area (Å²) < 4.78 is 7.01. The van der Waals surface area contributed by atoms with Crippen molar-refractivity contribution in [1.29, 1.82) is 0 Å². The lowest BCUT2D eigenvalue weighted by atomic mass is 10.0. The zero-order chi connectivity index (χ0) is 22.9. The lowest BCUT2D eigenvalue weighted by Crippen LogP contribution is -2.40. The maximum Gasteiger partial charge on any atom is 0.254 e. The number of fused-ring (bicyclic) bond motifs is 1. The molecule has 9 nitrogen and oxygen atoms in total. The number of amides is 1. The summed E-state index contributed by atoms with van der Waals surface area (Å²) in [6, 6.07) is 17.5. The molecule has 0 saturated carbocycles. The number of aromatic amines is 1. The molecule has 1 saturated heterocycles. The molecule has 1 N–H and O–H groups in total. The summed E-state index contributed by atoms with van der Waals surface area (Å²) in [5.74, 6) is 0.0169. The Labute approximate surface area is 196 Å². The van der Waals surface area contributed by atoms with Crippen molar-refractivity contribution in [2.75, 3.05) is 26.3 Å². The Balaban J connectivity index is 0.00000253. The van der Waals surface area contributed by atoms with Gasteiger partial charge in [0.2, 0.25) is 0 Å². The molecule has 9 heteroatoms. The van der Waals surface area contributed by atoms with Gasteiger partial charge in [-0.05, 0) is 59.7 Å². The Morgan fingerprint density at radius 2 is 1.76 bits per heavy atom. The number of nitrogens with zero attached hydrogens (tertiary/aromatic N) is 6. The predicted molar refractivity (Wildman–Crippen MR) is 129 cm³/mol. The van der Waals surface area contributed by atoms with E-state index in [-0.39, 0.29) is 7.33 Å². The van der Waals surface area contributed by atoms with Gasteiger partial charge in [-0.25, -0.2) is 4.68 Å².